The van der Waals surface area contributed by atoms with Crippen molar-refractivity contribution in [3.8, 4) is 0 Å². The Morgan fingerprint density at radius 1 is 1.19 bits per heavy atom. The van der Waals surface area contributed by atoms with Crippen molar-refractivity contribution in [3.05, 3.63) is 53.1 Å². The van der Waals surface area contributed by atoms with E-state index >= 15 is 0 Å². The number of esters is 1. The van der Waals surface area contributed by atoms with Crippen molar-refractivity contribution in [1.82, 2.24) is 4.90 Å². The molecule has 1 N–H and O–H groups in total. The summed E-state index contributed by atoms with van der Waals surface area (Å²) in [5.74, 6) is -2.58. The number of likely N-dealkylation sites (tertiary alicyclic amines) is 1. The molecule has 2 amide bonds. The fourth-order valence-electron chi connectivity index (χ4n) is 6.63. The SMILES string of the molecule is CC[C@H](C)[C@H](CO)N1C(=O)[C@@H]2[C@H]3C(=O)OCC=C[C@@]3(C)S[C@@]23C=CCN(c2c(C)cccc2Cl)C(=O)C13. The topological polar surface area (TPSA) is 87.2 Å². The Bertz CT molecular complexity index is 1180. The van der Waals surface area contributed by atoms with E-state index in [1.165, 1.54) is 11.8 Å². The normalized spacial score (nSPS) is 34.4. The maximum absolute atomic E-state index is 14.6. The fourth-order valence-corrected chi connectivity index (χ4v) is 9.10. The first-order valence-electron chi connectivity index (χ1n) is 12.8. The molecule has 7 atom stereocenters. The third kappa shape index (κ3) is 3.78. The van der Waals surface area contributed by atoms with Crippen molar-refractivity contribution in [3.63, 3.8) is 0 Å². The number of aryl methyl sites for hydroxylation is 1. The molecule has 4 aliphatic rings. The van der Waals surface area contributed by atoms with Crippen LogP contribution in [0.2, 0.25) is 5.02 Å². The second-order valence-corrected chi connectivity index (χ2v) is 12.9. The number of thioether (sulfide) groups is 1. The molecule has 37 heavy (non-hydrogen) atoms. The zero-order valence-electron chi connectivity index (χ0n) is 21.5. The van der Waals surface area contributed by atoms with Crippen LogP contribution >= 0.6 is 23.4 Å². The maximum Gasteiger partial charge on any atom is 0.311 e. The summed E-state index contributed by atoms with van der Waals surface area (Å²) in [7, 11) is 0. The number of rotatable bonds is 5. The first kappa shape index (κ1) is 26.3. The van der Waals surface area contributed by atoms with Crippen LogP contribution in [-0.2, 0) is 19.1 Å². The average Bonchev–Trinajstić information content (AvgIpc) is 3.11. The van der Waals surface area contributed by atoms with E-state index in [4.69, 9.17) is 16.3 Å². The van der Waals surface area contributed by atoms with Crippen molar-refractivity contribution >= 4 is 46.8 Å². The van der Waals surface area contributed by atoms with Gasteiger partial charge in [0.2, 0.25) is 5.91 Å². The summed E-state index contributed by atoms with van der Waals surface area (Å²) in [4.78, 5) is 45.6. The zero-order chi connectivity index (χ0) is 26.7. The predicted octanol–water partition coefficient (Wildman–Crippen LogP) is 3.76. The van der Waals surface area contributed by atoms with Crippen LogP contribution < -0.4 is 4.90 Å². The van der Waals surface area contributed by atoms with Gasteiger partial charge in [0.05, 0.1) is 39.9 Å². The standard InChI is InChI=1S/C28H33ClN2O5S/c1-5-16(2)19(15-32)31-23-25(34)30(22-17(3)9-6-10-18(22)29)13-7-12-28(23)20(24(31)33)21-26(35)36-14-8-11-27(21,4)37-28/h6-12,16,19-21,23,32H,5,13-15H2,1-4H3/t16-,19-,20-,21-,23?,27+,28-/m0/s1. The second-order valence-electron chi connectivity index (χ2n) is 10.7. The summed E-state index contributed by atoms with van der Waals surface area (Å²) in [6, 6.07) is 4.01. The lowest BCUT2D eigenvalue weighted by Gasteiger charge is -2.41. The van der Waals surface area contributed by atoms with Gasteiger partial charge in [-0.2, -0.15) is 0 Å². The molecule has 0 radical (unpaired) electrons. The molecule has 5 rings (SSSR count). The summed E-state index contributed by atoms with van der Waals surface area (Å²) in [6.45, 7) is 7.99. The number of anilines is 1. The largest absolute Gasteiger partial charge is 0.461 e. The maximum atomic E-state index is 14.6. The zero-order valence-corrected chi connectivity index (χ0v) is 23.1. The number of aliphatic hydroxyl groups is 1. The molecule has 1 unspecified atom stereocenters. The number of benzene rings is 1. The molecule has 4 aliphatic heterocycles. The molecule has 0 bridgehead atoms. The van der Waals surface area contributed by atoms with Gasteiger partial charge >= 0.3 is 5.97 Å². The Kier molecular flexibility index (Phi) is 6.74. The Labute approximate surface area is 226 Å². The van der Waals surface area contributed by atoms with E-state index in [0.29, 0.717) is 10.7 Å². The molecule has 4 heterocycles. The lowest BCUT2D eigenvalue weighted by molar-refractivity contribution is -0.153. The number of hydrogen-bond acceptors (Lipinski definition) is 6. The molecule has 0 saturated carbocycles. The van der Waals surface area contributed by atoms with Crippen LogP contribution in [0, 0.1) is 24.7 Å². The Balaban J connectivity index is 1.72. The van der Waals surface area contributed by atoms with Gasteiger partial charge in [-0.1, -0.05) is 62.2 Å². The molecule has 198 valence electrons. The molecule has 7 nitrogen and oxygen atoms in total. The summed E-state index contributed by atoms with van der Waals surface area (Å²) < 4.78 is 3.77. The Morgan fingerprint density at radius 3 is 2.62 bits per heavy atom. The predicted molar refractivity (Wildman–Crippen MR) is 144 cm³/mol. The van der Waals surface area contributed by atoms with Gasteiger partial charge < -0.3 is 19.6 Å². The summed E-state index contributed by atoms with van der Waals surface area (Å²) in [6.07, 6.45) is 8.36. The number of halogens is 1. The number of amides is 2. The van der Waals surface area contributed by atoms with Gasteiger partial charge in [0, 0.05) is 11.3 Å². The van der Waals surface area contributed by atoms with E-state index in [1.807, 2.05) is 64.1 Å². The minimum absolute atomic E-state index is 0.0577. The molecule has 2 saturated heterocycles. The summed E-state index contributed by atoms with van der Waals surface area (Å²) in [5, 5.41) is 10.9. The van der Waals surface area contributed by atoms with Gasteiger partial charge in [0.25, 0.3) is 5.91 Å². The highest BCUT2D eigenvalue weighted by Gasteiger charge is 2.74. The van der Waals surface area contributed by atoms with Crippen LogP contribution in [0.1, 0.15) is 32.8 Å². The third-order valence-corrected chi connectivity index (χ3v) is 10.7. The van der Waals surface area contributed by atoms with Crippen molar-refractivity contribution in [2.45, 2.75) is 55.7 Å². The van der Waals surface area contributed by atoms with Crippen molar-refractivity contribution in [2.24, 2.45) is 17.8 Å². The quantitative estimate of drug-likeness (QED) is 0.449. The molecule has 1 aromatic carbocycles. The number of fused-ring (bicyclic) bond motifs is 2. The van der Waals surface area contributed by atoms with Crippen molar-refractivity contribution in [2.75, 3.05) is 24.7 Å². The van der Waals surface area contributed by atoms with E-state index in [0.717, 1.165) is 12.0 Å². The van der Waals surface area contributed by atoms with Crippen LogP contribution in [0.25, 0.3) is 0 Å². The molecule has 1 spiro atoms. The van der Waals surface area contributed by atoms with Gasteiger partial charge in [-0.15, -0.1) is 11.8 Å². The van der Waals surface area contributed by atoms with Gasteiger partial charge in [-0.3, -0.25) is 14.4 Å². The molecular weight excluding hydrogens is 512 g/mol. The van der Waals surface area contributed by atoms with Crippen LogP contribution in [0.5, 0.6) is 0 Å². The minimum atomic E-state index is -1.00. The third-order valence-electron chi connectivity index (χ3n) is 8.55. The number of carbonyl (C=O) groups is 3. The van der Waals surface area contributed by atoms with E-state index in [1.54, 1.807) is 15.9 Å². The molecule has 0 aliphatic carbocycles. The highest BCUT2D eigenvalue weighted by Crippen LogP contribution is 2.66. The summed E-state index contributed by atoms with van der Waals surface area (Å²) >= 11 is 8.10. The van der Waals surface area contributed by atoms with Crippen LogP contribution in [-0.4, -0.2) is 69.1 Å². The van der Waals surface area contributed by atoms with Gasteiger partial charge in [0.15, 0.2) is 0 Å². The van der Waals surface area contributed by atoms with Gasteiger partial charge in [-0.25, -0.2) is 0 Å². The molecule has 2 fully saturated rings. The number of carbonyl (C=O) groups excluding carboxylic acids is 3. The van der Waals surface area contributed by atoms with Crippen molar-refractivity contribution in [1.29, 1.82) is 0 Å². The molecule has 1 aromatic rings. The van der Waals surface area contributed by atoms with E-state index in [2.05, 4.69) is 0 Å². The highest BCUT2D eigenvalue weighted by molar-refractivity contribution is 8.02. The Hall–Kier alpha value is -2.29. The minimum Gasteiger partial charge on any atom is -0.461 e. The van der Waals surface area contributed by atoms with E-state index in [-0.39, 0.29) is 37.5 Å². The first-order valence-corrected chi connectivity index (χ1v) is 14.0. The van der Waals surface area contributed by atoms with Crippen LogP contribution in [0.15, 0.2) is 42.5 Å². The number of hydrogen-bond donors (Lipinski definition) is 1. The number of nitrogens with zero attached hydrogens (tertiary/aromatic N) is 2. The van der Waals surface area contributed by atoms with Crippen LogP contribution in [0.4, 0.5) is 5.69 Å². The molecule has 9 heteroatoms. The van der Waals surface area contributed by atoms with Gasteiger partial charge in [0.1, 0.15) is 12.6 Å². The van der Waals surface area contributed by atoms with E-state index < -0.39 is 39.4 Å². The monoisotopic (exact) mass is 544 g/mol. The average molecular weight is 545 g/mol. The number of aliphatic hydroxyl groups excluding tert-OH is 1. The number of cyclic esters (lactones) is 1. The summed E-state index contributed by atoms with van der Waals surface area (Å²) in [5.41, 5.74) is 1.46. The highest BCUT2D eigenvalue weighted by atomic mass is 35.5. The smallest absolute Gasteiger partial charge is 0.311 e. The first-order chi connectivity index (χ1) is 17.6. The number of ether oxygens (including phenoxy) is 1. The molecule has 0 aromatic heterocycles. The molecular formula is C28H33ClN2O5S. The number of para-hydroxylation sites is 1. The Morgan fingerprint density at radius 2 is 1.95 bits per heavy atom. The lowest BCUT2D eigenvalue weighted by atomic mass is 9.75. The van der Waals surface area contributed by atoms with Crippen LogP contribution in [0.3, 0.4) is 0 Å². The second kappa shape index (κ2) is 9.47. The lowest BCUT2D eigenvalue weighted by Crippen LogP contribution is -2.58. The van der Waals surface area contributed by atoms with E-state index in [9.17, 15) is 19.5 Å². The van der Waals surface area contributed by atoms with Gasteiger partial charge in [-0.05, 0) is 37.5 Å². The fraction of sp³-hybridized carbons (Fsp3) is 0.536. The van der Waals surface area contributed by atoms with Crippen molar-refractivity contribution < 1.29 is 24.2 Å².